The molecular weight excluding hydrogens is 230 g/mol. The van der Waals surface area contributed by atoms with Crippen LogP contribution in [-0.2, 0) is 11.3 Å². The molecule has 0 atom stereocenters. The van der Waals surface area contributed by atoms with E-state index in [1.54, 1.807) is 6.07 Å². The Morgan fingerprint density at radius 1 is 1.50 bits per heavy atom. The van der Waals surface area contributed by atoms with Crippen molar-refractivity contribution >= 4 is 11.7 Å². The number of anilines is 1. The second-order valence-electron chi connectivity index (χ2n) is 5.09. The molecule has 98 valence electrons. The maximum Gasteiger partial charge on any atom is 0.240 e. The largest absolute Gasteiger partial charge is 0.384 e. The second kappa shape index (κ2) is 4.53. The van der Waals surface area contributed by atoms with Gasteiger partial charge in [0.1, 0.15) is 11.6 Å². The molecular formula is C12H19N5O. The first kappa shape index (κ1) is 12.8. The molecule has 18 heavy (non-hydrogen) atoms. The number of aromatic nitrogens is 2. The van der Waals surface area contributed by atoms with Crippen molar-refractivity contribution in [3.05, 3.63) is 17.6 Å². The molecule has 0 radical (unpaired) electrons. The average molecular weight is 249 g/mol. The van der Waals surface area contributed by atoms with Gasteiger partial charge < -0.3 is 11.1 Å². The predicted octanol–water partition coefficient (Wildman–Crippen LogP) is 0.0776. The lowest BCUT2D eigenvalue weighted by Gasteiger charge is -2.40. The first-order chi connectivity index (χ1) is 8.39. The van der Waals surface area contributed by atoms with Gasteiger partial charge in [-0.25, -0.2) is 9.97 Å². The van der Waals surface area contributed by atoms with Gasteiger partial charge in [-0.05, 0) is 20.8 Å². The summed E-state index contributed by atoms with van der Waals surface area (Å²) in [6.07, 6.45) is 0. The van der Waals surface area contributed by atoms with Crippen LogP contribution in [0.5, 0.6) is 0 Å². The van der Waals surface area contributed by atoms with Crippen molar-refractivity contribution in [1.29, 1.82) is 0 Å². The number of carbonyl (C=O) groups is 1. The fourth-order valence-electron chi connectivity index (χ4n) is 2.12. The van der Waals surface area contributed by atoms with Crippen LogP contribution in [0.15, 0.2) is 6.07 Å². The van der Waals surface area contributed by atoms with Gasteiger partial charge in [0.2, 0.25) is 5.91 Å². The highest BCUT2D eigenvalue weighted by Crippen LogP contribution is 2.19. The van der Waals surface area contributed by atoms with Gasteiger partial charge in [0, 0.05) is 24.8 Å². The third-order valence-corrected chi connectivity index (χ3v) is 3.27. The van der Waals surface area contributed by atoms with Crippen LogP contribution in [0.2, 0.25) is 0 Å². The molecule has 2 rings (SSSR count). The van der Waals surface area contributed by atoms with Crippen molar-refractivity contribution in [3.63, 3.8) is 0 Å². The highest BCUT2D eigenvalue weighted by Gasteiger charge is 2.37. The quantitative estimate of drug-likeness (QED) is 0.775. The Kier molecular flexibility index (Phi) is 3.21. The number of piperazine rings is 1. The van der Waals surface area contributed by atoms with Crippen molar-refractivity contribution in [2.75, 3.05) is 18.8 Å². The molecule has 0 aromatic carbocycles. The molecule has 0 aliphatic carbocycles. The van der Waals surface area contributed by atoms with Crippen molar-refractivity contribution in [2.24, 2.45) is 0 Å². The van der Waals surface area contributed by atoms with Crippen LogP contribution < -0.4 is 11.1 Å². The standard InChI is InChI=1S/C12H19N5O/c1-8-6-9(13)16-10(15-8)7-17-5-4-14-11(18)12(17,2)3/h6H,4-5,7H2,1-3H3,(H,14,18)(H2,13,15,16). The number of amides is 1. The van der Waals surface area contributed by atoms with Crippen LogP contribution >= 0.6 is 0 Å². The number of carbonyl (C=O) groups excluding carboxylic acids is 1. The number of hydrogen-bond donors (Lipinski definition) is 2. The van der Waals surface area contributed by atoms with Crippen molar-refractivity contribution in [3.8, 4) is 0 Å². The Morgan fingerprint density at radius 2 is 2.22 bits per heavy atom. The fraction of sp³-hybridized carbons (Fsp3) is 0.583. The van der Waals surface area contributed by atoms with Crippen LogP contribution in [0.25, 0.3) is 0 Å². The Labute approximate surface area is 107 Å². The van der Waals surface area contributed by atoms with Crippen LogP contribution in [-0.4, -0.2) is 39.4 Å². The minimum absolute atomic E-state index is 0.0365. The van der Waals surface area contributed by atoms with Gasteiger partial charge in [-0.15, -0.1) is 0 Å². The van der Waals surface area contributed by atoms with Gasteiger partial charge in [-0.3, -0.25) is 9.69 Å². The zero-order valence-corrected chi connectivity index (χ0v) is 11.0. The topological polar surface area (TPSA) is 84.1 Å². The highest BCUT2D eigenvalue weighted by molar-refractivity contribution is 5.86. The van der Waals surface area contributed by atoms with Crippen LogP contribution in [0.3, 0.4) is 0 Å². The van der Waals surface area contributed by atoms with Crippen molar-refractivity contribution in [1.82, 2.24) is 20.2 Å². The maximum atomic E-state index is 11.8. The molecule has 1 saturated heterocycles. The summed E-state index contributed by atoms with van der Waals surface area (Å²) in [7, 11) is 0. The third kappa shape index (κ3) is 2.43. The zero-order valence-electron chi connectivity index (χ0n) is 11.0. The smallest absolute Gasteiger partial charge is 0.240 e. The van der Waals surface area contributed by atoms with Gasteiger partial charge in [0.05, 0.1) is 12.1 Å². The number of nitrogen functional groups attached to an aromatic ring is 1. The number of nitrogens with zero attached hydrogens (tertiary/aromatic N) is 3. The maximum absolute atomic E-state index is 11.8. The normalized spacial score (nSPS) is 19.6. The molecule has 0 spiro atoms. The van der Waals surface area contributed by atoms with E-state index in [1.807, 2.05) is 20.8 Å². The molecule has 1 aliphatic rings. The van der Waals surface area contributed by atoms with E-state index in [-0.39, 0.29) is 5.91 Å². The summed E-state index contributed by atoms with van der Waals surface area (Å²) in [4.78, 5) is 22.5. The number of nitrogens with two attached hydrogens (primary N) is 1. The molecule has 0 saturated carbocycles. The minimum Gasteiger partial charge on any atom is -0.384 e. The van der Waals surface area contributed by atoms with Crippen LogP contribution in [0, 0.1) is 6.92 Å². The molecule has 1 aliphatic heterocycles. The monoisotopic (exact) mass is 249 g/mol. The number of rotatable bonds is 2. The van der Waals surface area contributed by atoms with Crippen LogP contribution in [0.4, 0.5) is 5.82 Å². The van der Waals surface area contributed by atoms with E-state index in [9.17, 15) is 4.79 Å². The first-order valence-electron chi connectivity index (χ1n) is 6.03. The molecule has 1 aromatic rings. The molecule has 6 nitrogen and oxygen atoms in total. The molecule has 0 bridgehead atoms. The van der Waals surface area contributed by atoms with E-state index in [2.05, 4.69) is 20.2 Å². The molecule has 0 unspecified atom stereocenters. The van der Waals surface area contributed by atoms with Gasteiger partial charge >= 0.3 is 0 Å². The molecule has 1 aromatic heterocycles. The second-order valence-corrected chi connectivity index (χ2v) is 5.09. The minimum atomic E-state index is -0.542. The number of aryl methyl sites for hydroxylation is 1. The summed E-state index contributed by atoms with van der Waals surface area (Å²) in [6, 6.07) is 1.73. The van der Waals surface area contributed by atoms with E-state index >= 15 is 0 Å². The zero-order chi connectivity index (χ0) is 13.3. The molecule has 6 heteroatoms. The van der Waals surface area contributed by atoms with E-state index in [0.717, 1.165) is 12.2 Å². The van der Waals surface area contributed by atoms with E-state index in [4.69, 9.17) is 5.73 Å². The SMILES string of the molecule is Cc1cc(N)nc(CN2CCNC(=O)C2(C)C)n1. The summed E-state index contributed by atoms with van der Waals surface area (Å²) in [5.41, 5.74) is 6.01. The lowest BCUT2D eigenvalue weighted by Crippen LogP contribution is -2.61. The third-order valence-electron chi connectivity index (χ3n) is 3.27. The lowest BCUT2D eigenvalue weighted by molar-refractivity contribution is -0.135. The Morgan fingerprint density at radius 3 is 2.89 bits per heavy atom. The molecule has 1 fully saturated rings. The highest BCUT2D eigenvalue weighted by atomic mass is 16.2. The van der Waals surface area contributed by atoms with Gasteiger partial charge in [-0.1, -0.05) is 0 Å². The number of hydrogen-bond acceptors (Lipinski definition) is 5. The molecule has 2 heterocycles. The fourth-order valence-corrected chi connectivity index (χ4v) is 2.12. The number of nitrogens with one attached hydrogen (secondary N) is 1. The van der Waals surface area contributed by atoms with E-state index in [1.165, 1.54) is 0 Å². The first-order valence-corrected chi connectivity index (χ1v) is 6.03. The van der Waals surface area contributed by atoms with E-state index in [0.29, 0.717) is 24.7 Å². The average Bonchev–Trinajstić information content (AvgIpc) is 2.24. The van der Waals surface area contributed by atoms with Crippen LogP contribution in [0.1, 0.15) is 25.4 Å². The summed E-state index contributed by atoms with van der Waals surface area (Å²) < 4.78 is 0. The van der Waals surface area contributed by atoms with E-state index < -0.39 is 5.54 Å². The Balaban J connectivity index is 2.20. The molecule has 3 N–H and O–H groups in total. The Hall–Kier alpha value is -1.69. The predicted molar refractivity (Wildman–Crippen MR) is 68.7 cm³/mol. The van der Waals surface area contributed by atoms with Crippen molar-refractivity contribution < 1.29 is 4.79 Å². The summed E-state index contributed by atoms with van der Waals surface area (Å²) in [5, 5.41) is 2.86. The van der Waals surface area contributed by atoms with Gasteiger partial charge in [-0.2, -0.15) is 0 Å². The Bertz CT molecular complexity index is 451. The summed E-state index contributed by atoms with van der Waals surface area (Å²) >= 11 is 0. The van der Waals surface area contributed by atoms with Gasteiger partial charge in [0.25, 0.3) is 0 Å². The van der Waals surface area contributed by atoms with Crippen molar-refractivity contribution in [2.45, 2.75) is 32.9 Å². The summed E-state index contributed by atoms with van der Waals surface area (Å²) in [5.74, 6) is 1.17. The lowest BCUT2D eigenvalue weighted by atomic mass is 9.99. The molecule has 1 amide bonds. The summed E-state index contributed by atoms with van der Waals surface area (Å²) in [6.45, 7) is 7.67. The van der Waals surface area contributed by atoms with Gasteiger partial charge in [0.15, 0.2) is 0 Å².